The summed E-state index contributed by atoms with van der Waals surface area (Å²) in [5, 5.41) is 0. The van der Waals surface area contributed by atoms with Crippen LogP contribution in [0.4, 0.5) is 0 Å². The average Bonchev–Trinajstić information content (AvgIpc) is 2.43. The summed E-state index contributed by atoms with van der Waals surface area (Å²) in [6, 6.07) is 7.20. The lowest BCUT2D eigenvalue weighted by Gasteiger charge is -2.30. The van der Waals surface area contributed by atoms with Crippen molar-refractivity contribution in [3.05, 3.63) is 35.4 Å². The summed E-state index contributed by atoms with van der Waals surface area (Å²) in [7, 11) is -3.76. The highest BCUT2D eigenvalue weighted by atomic mass is 35.5. The maximum Gasteiger partial charge on any atom is 0.376 e. The largest absolute Gasteiger partial charge is 0.443 e. The molecule has 0 bridgehead atoms. The quantitative estimate of drug-likeness (QED) is 0.377. The van der Waals surface area contributed by atoms with E-state index in [1.54, 1.807) is 39.8 Å². The van der Waals surface area contributed by atoms with Crippen LogP contribution in [0.5, 0.6) is 0 Å². The van der Waals surface area contributed by atoms with Crippen molar-refractivity contribution in [2.75, 3.05) is 5.88 Å². The molecule has 0 aliphatic carbocycles. The lowest BCUT2D eigenvalue weighted by atomic mass is 10.1. The molecule has 0 spiro atoms. The zero-order valence-electron chi connectivity index (χ0n) is 14.1. The first-order valence-corrected chi connectivity index (χ1v) is 9.61. The molecule has 0 N–H and O–H groups in total. The Hall–Kier alpha value is -0.870. The molecule has 0 radical (unpaired) electrons. The summed E-state index contributed by atoms with van der Waals surface area (Å²) < 4.78 is 29.9. The summed E-state index contributed by atoms with van der Waals surface area (Å²) in [5.74, 6) is -2.18. The number of aryl methyl sites for hydroxylation is 1. The normalized spacial score (nSPS) is 13.4. The second-order valence-electron chi connectivity index (χ2n) is 5.68. The van der Waals surface area contributed by atoms with Crippen molar-refractivity contribution in [2.24, 2.45) is 0 Å². The third-order valence-corrected chi connectivity index (χ3v) is 5.42. The van der Waals surface area contributed by atoms with E-state index in [0.717, 1.165) is 5.56 Å². The molecule has 1 atom stereocenters. The van der Waals surface area contributed by atoms with Crippen molar-refractivity contribution in [1.29, 1.82) is 0 Å². The minimum absolute atomic E-state index is 0.342. The number of halogens is 1. The van der Waals surface area contributed by atoms with E-state index in [9.17, 15) is 9.36 Å². The van der Waals surface area contributed by atoms with Crippen molar-refractivity contribution in [1.82, 2.24) is 0 Å². The molecular weight excluding hydrogens is 339 g/mol. The van der Waals surface area contributed by atoms with Crippen molar-refractivity contribution in [3.8, 4) is 0 Å². The Bertz CT molecular complexity index is 559. The SMILES string of the molecule is Cc1ccccc1[C@@H](OC(=O)CCl)P(=O)(OC(C)C)OC(C)C. The summed E-state index contributed by atoms with van der Waals surface area (Å²) in [6.07, 6.45) is -0.721. The molecule has 5 nitrogen and oxygen atoms in total. The van der Waals surface area contributed by atoms with Gasteiger partial charge in [-0.1, -0.05) is 24.3 Å². The number of hydrogen-bond donors (Lipinski definition) is 0. The molecule has 0 saturated heterocycles. The van der Waals surface area contributed by atoms with Gasteiger partial charge in [-0.25, -0.2) is 0 Å². The zero-order valence-corrected chi connectivity index (χ0v) is 15.8. The standard InChI is InChI=1S/C16H24ClO5P/c1-11(2)21-23(19,22-12(3)4)16(20-15(18)10-17)14-9-7-6-8-13(14)5/h6-9,11-12,16H,10H2,1-5H3/t16-/m0/s1. The predicted octanol–water partition coefficient (Wildman–Crippen LogP) is 4.82. The van der Waals surface area contributed by atoms with Crippen LogP contribution in [0.1, 0.15) is 44.7 Å². The molecule has 1 rings (SSSR count). The van der Waals surface area contributed by atoms with Crippen LogP contribution in [0.25, 0.3) is 0 Å². The van der Waals surface area contributed by atoms with Gasteiger partial charge in [0.2, 0.25) is 5.85 Å². The van der Waals surface area contributed by atoms with Gasteiger partial charge in [-0.15, -0.1) is 11.6 Å². The van der Waals surface area contributed by atoms with Gasteiger partial charge in [0.1, 0.15) is 5.88 Å². The third-order valence-electron chi connectivity index (χ3n) is 2.81. The van der Waals surface area contributed by atoms with Gasteiger partial charge in [-0.3, -0.25) is 9.36 Å². The molecule has 0 amide bonds. The Morgan fingerprint density at radius 2 is 1.65 bits per heavy atom. The minimum Gasteiger partial charge on any atom is -0.443 e. The monoisotopic (exact) mass is 362 g/mol. The Kier molecular flexibility index (Phi) is 7.75. The van der Waals surface area contributed by atoms with Gasteiger partial charge in [0.25, 0.3) is 0 Å². The minimum atomic E-state index is -3.76. The fourth-order valence-electron chi connectivity index (χ4n) is 2.04. The Balaban J connectivity index is 3.36. The second kappa shape index (κ2) is 8.84. The summed E-state index contributed by atoms with van der Waals surface area (Å²) in [5.41, 5.74) is 1.40. The van der Waals surface area contributed by atoms with Crippen LogP contribution < -0.4 is 0 Å². The van der Waals surface area contributed by atoms with Gasteiger partial charge in [0, 0.05) is 5.56 Å². The van der Waals surface area contributed by atoms with Gasteiger partial charge < -0.3 is 13.8 Å². The molecule has 0 aromatic heterocycles. The van der Waals surface area contributed by atoms with Crippen LogP contribution in [0, 0.1) is 6.92 Å². The molecule has 0 aliphatic heterocycles. The molecule has 7 heteroatoms. The Morgan fingerprint density at radius 3 is 2.09 bits per heavy atom. The smallest absolute Gasteiger partial charge is 0.376 e. The molecule has 130 valence electrons. The number of benzene rings is 1. The molecule has 0 aliphatic rings. The summed E-state index contributed by atoms with van der Waals surface area (Å²) in [4.78, 5) is 11.7. The molecule has 0 heterocycles. The predicted molar refractivity (Wildman–Crippen MR) is 90.8 cm³/mol. The number of hydrogen-bond acceptors (Lipinski definition) is 5. The second-order valence-corrected chi connectivity index (χ2v) is 7.92. The van der Waals surface area contributed by atoms with Crippen LogP contribution in [-0.2, 0) is 23.1 Å². The summed E-state index contributed by atoms with van der Waals surface area (Å²) in [6.45, 7) is 8.82. The molecule has 23 heavy (non-hydrogen) atoms. The van der Waals surface area contributed by atoms with Crippen molar-refractivity contribution >= 4 is 25.2 Å². The average molecular weight is 363 g/mol. The number of ether oxygens (including phenoxy) is 1. The van der Waals surface area contributed by atoms with Crippen LogP contribution in [0.3, 0.4) is 0 Å². The molecule has 1 aromatic carbocycles. The number of rotatable bonds is 8. The zero-order chi connectivity index (χ0) is 17.6. The first kappa shape index (κ1) is 20.2. The molecular formula is C16H24ClO5P. The number of carbonyl (C=O) groups is 1. The third kappa shape index (κ3) is 5.92. The number of alkyl halides is 1. The van der Waals surface area contributed by atoms with Gasteiger partial charge >= 0.3 is 13.6 Å². The van der Waals surface area contributed by atoms with Crippen molar-refractivity contribution in [2.45, 2.75) is 52.7 Å². The van der Waals surface area contributed by atoms with E-state index in [2.05, 4.69) is 0 Å². The maximum atomic E-state index is 13.4. The van der Waals surface area contributed by atoms with E-state index >= 15 is 0 Å². The lowest BCUT2D eigenvalue weighted by Crippen LogP contribution is -2.19. The van der Waals surface area contributed by atoms with E-state index in [-0.39, 0.29) is 18.1 Å². The van der Waals surface area contributed by atoms with Crippen LogP contribution in [0.15, 0.2) is 24.3 Å². The van der Waals surface area contributed by atoms with Gasteiger partial charge in [-0.2, -0.15) is 0 Å². The van der Waals surface area contributed by atoms with Crippen LogP contribution >= 0.6 is 19.2 Å². The highest BCUT2D eigenvalue weighted by molar-refractivity contribution is 7.54. The topological polar surface area (TPSA) is 61.8 Å². The Morgan fingerprint density at radius 1 is 1.13 bits per heavy atom. The van der Waals surface area contributed by atoms with E-state index in [1.165, 1.54) is 0 Å². The number of esters is 1. The first-order valence-electron chi connectivity index (χ1n) is 7.47. The lowest BCUT2D eigenvalue weighted by molar-refractivity contribution is -0.143. The fourth-order valence-corrected chi connectivity index (χ4v) is 4.43. The van der Waals surface area contributed by atoms with Crippen LogP contribution in [0.2, 0.25) is 0 Å². The van der Waals surface area contributed by atoms with E-state index in [4.69, 9.17) is 25.4 Å². The fraction of sp³-hybridized carbons (Fsp3) is 0.562. The molecule has 0 fully saturated rings. The van der Waals surface area contributed by atoms with Crippen molar-refractivity contribution in [3.63, 3.8) is 0 Å². The van der Waals surface area contributed by atoms with Gasteiger partial charge in [-0.05, 0) is 40.2 Å². The maximum absolute atomic E-state index is 13.4. The molecule has 0 unspecified atom stereocenters. The molecule has 0 saturated carbocycles. The highest BCUT2D eigenvalue weighted by Gasteiger charge is 2.42. The summed E-state index contributed by atoms with van der Waals surface area (Å²) >= 11 is 5.54. The van der Waals surface area contributed by atoms with Crippen molar-refractivity contribution < 1.29 is 23.1 Å². The van der Waals surface area contributed by atoms with E-state index < -0.39 is 19.4 Å². The van der Waals surface area contributed by atoms with Gasteiger partial charge in [0.15, 0.2) is 0 Å². The van der Waals surface area contributed by atoms with Gasteiger partial charge in [0.05, 0.1) is 12.2 Å². The first-order chi connectivity index (χ1) is 10.7. The highest BCUT2D eigenvalue weighted by Crippen LogP contribution is 2.63. The Labute approximate surface area is 142 Å². The van der Waals surface area contributed by atoms with E-state index in [1.807, 2.05) is 19.1 Å². The van der Waals surface area contributed by atoms with E-state index in [0.29, 0.717) is 5.56 Å². The number of carbonyl (C=O) groups excluding carboxylic acids is 1. The van der Waals surface area contributed by atoms with Crippen LogP contribution in [-0.4, -0.2) is 24.1 Å². The molecule has 1 aromatic rings.